The number of hydrogen-bond acceptors (Lipinski definition) is 2. The van der Waals surface area contributed by atoms with Crippen LogP contribution in [0, 0.1) is 11.8 Å². The fourth-order valence-electron chi connectivity index (χ4n) is 3.95. The Morgan fingerprint density at radius 2 is 1.96 bits per heavy atom. The highest BCUT2D eigenvalue weighted by molar-refractivity contribution is 5.82. The lowest BCUT2D eigenvalue weighted by Gasteiger charge is -2.34. The molecule has 0 bridgehead atoms. The second-order valence-corrected chi connectivity index (χ2v) is 7.43. The number of amides is 2. The van der Waals surface area contributed by atoms with Crippen molar-refractivity contribution in [2.75, 3.05) is 13.1 Å². The van der Waals surface area contributed by atoms with Crippen LogP contribution >= 0.6 is 0 Å². The number of nitrogens with zero attached hydrogens (tertiary/aromatic N) is 1. The summed E-state index contributed by atoms with van der Waals surface area (Å²) in [5.74, 6) is 0.195. The largest absolute Gasteiger partial charge is 0.349 e. The number of nitrogens with one attached hydrogen (secondary N) is 1. The number of carbonyl (C=O) groups is 2. The van der Waals surface area contributed by atoms with Gasteiger partial charge in [-0.1, -0.05) is 38.1 Å². The van der Waals surface area contributed by atoms with Crippen molar-refractivity contribution < 1.29 is 9.59 Å². The summed E-state index contributed by atoms with van der Waals surface area (Å²) in [6.45, 7) is 5.19. The van der Waals surface area contributed by atoms with E-state index in [0.29, 0.717) is 6.54 Å². The standard InChI is InChI=1S/C20H28N2O2/c1-14(2)20(24)22-12-6-9-16(13-22)19(23)21-18-11-5-8-15-7-3-4-10-17(15)18/h3-4,7,10,14,16,18H,5-6,8-9,11-13H2,1-2H3,(H,21,23)/t16-,18+/m1/s1. The lowest BCUT2D eigenvalue weighted by molar-refractivity contribution is -0.138. The number of benzene rings is 1. The van der Waals surface area contributed by atoms with Crippen molar-refractivity contribution in [3.05, 3.63) is 35.4 Å². The minimum absolute atomic E-state index is 0.00275. The van der Waals surface area contributed by atoms with E-state index in [4.69, 9.17) is 0 Å². The van der Waals surface area contributed by atoms with Crippen LogP contribution < -0.4 is 5.32 Å². The van der Waals surface area contributed by atoms with Crippen LogP contribution in [0.2, 0.25) is 0 Å². The van der Waals surface area contributed by atoms with E-state index >= 15 is 0 Å². The van der Waals surface area contributed by atoms with E-state index in [-0.39, 0.29) is 29.7 Å². The molecule has 0 unspecified atom stereocenters. The average Bonchev–Trinajstić information content (AvgIpc) is 2.61. The van der Waals surface area contributed by atoms with E-state index in [1.54, 1.807) is 0 Å². The van der Waals surface area contributed by atoms with Crippen molar-refractivity contribution in [2.24, 2.45) is 11.8 Å². The molecule has 2 atom stereocenters. The van der Waals surface area contributed by atoms with Gasteiger partial charge < -0.3 is 10.2 Å². The lowest BCUT2D eigenvalue weighted by Crippen LogP contribution is -2.47. The molecule has 1 aliphatic carbocycles. The third kappa shape index (κ3) is 3.63. The first-order chi connectivity index (χ1) is 11.6. The van der Waals surface area contributed by atoms with E-state index in [1.807, 2.05) is 24.8 Å². The van der Waals surface area contributed by atoms with Crippen molar-refractivity contribution in [1.29, 1.82) is 0 Å². The fourth-order valence-corrected chi connectivity index (χ4v) is 3.95. The third-order valence-corrected chi connectivity index (χ3v) is 5.28. The lowest BCUT2D eigenvalue weighted by atomic mass is 9.87. The van der Waals surface area contributed by atoms with Crippen molar-refractivity contribution in [2.45, 2.75) is 52.0 Å². The Kier molecular flexibility index (Phi) is 5.22. The predicted molar refractivity (Wildman–Crippen MR) is 94.4 cm³/mol. The molecule has 1 fully saturated rings. The summed E-state index contributed by atoms with van der Waals surface area (Å²) in [6, 6.07) is 8.54. The summed E-state index contributed by atoms with van der Waals surface area (Å²) < 4.78 is 0. The van der Waals surface area contributed by atoms with Crippen LogP contribution in [0.5, 0.6) is 0 Å². The maximum absolute atomic E-state index is 12.8. The summed E-state index contributed by atoms with van der Waals surface area (Å²) in [7, 11) is 0. The minimum Gasteiger partial charge on any atom is -0.349 e. The average molecular weight is 328 g/mol. The molecule has 24 heavy (non-hydrogen) atoms. The first-order valence-electron chi connectivity index (χ1n) is 9.23. The molecule has 2 aliphatic rings. The number of hydrogen-bond donors (Lipinski definition) is 1. The van der Waals surface area contributed by atoms with Crippen molar-refractivity contribution in [3.63, 3.8) is 0 Å². The maximum atomic E-state index is 12.8. The Balaban J connectivity index is 1.64. The van der Waals surface area contributed by atoms with E-state index in [9.17, 15) is 9.59 Å². The smallest absolute Gasteiger partial charge is 0.225 e. The molecule has 1 N–H and O–H groups in total. The molecule has 130 valence electrons. The van der Waals surface area contributed by atoms with Gasteiger partial charge in [0.1, 0.15) is 0 Å². The quantitative estimate of drug-likeness (QED) is 0.927. The molecular weight excluding hydrogens is 300 g/mol. The van der Waals surface area contributed by atoms with Crippen LogP contribution in [0.15, 0.2) is 24.3 Å². The second-order valence-electron chi connectivity index (χ2n) is 7.43. The summed E-state index contributed by atoms with van der Waals surface area (Å²) >= 11 is 0. The van der Waals surface area contributed by atoms with Crippen molar-refractivity contribution in [1.82, 2.24) is 10.2 Å². The van der Waals surface area contributed by atoms with Gasteiger partial charge in [0, 0.05) is 19.0 Å². The Hall–Kier alpha value is -1.84. The van der Waals surface area contributed by atoms with E-state index in [0.717, 1.165) is 38.6 Å². The highest BCUT2D eigenvalue weighted by atomic mass is 16.2. The first kappa shape index (κ1) is 17.0. The molecule has 3 rings (SSSR count). The van der Waals surface area contributed by atoms with Crippen LogP contribution in [-0.2, 0) is 16.0 Å². The number of fused-ring (bicyclic) bond motifs is 1. The summed E-state index contributed by atoms with van der Waals surface area (Å²) in [5.41, 5.74) is 2.62. The van der Waals surface area contributed by atoms with Gasteiger partial charge in [0.05, 0.1) is 12.0 Å². The van der Waals surface area contributed by atoms with Crippen molar-refractivity contribution in [3.8, 4) is 0 Å². The summed E-state index contributed by atoms with van der Waals surface area (Å²) in [6.07, 6.45) is 5.01. The molecule has 2 amide bonds. The number of likely N-dealkylation sites (tertiary alicyclic amines) is 1. The minimum atomic E-state index is -0.0736. The topological polar surface area (TPSA) is 49.4 Å². The molecule has 0 aromatic heterocycles. The fraction of sp³-hybridized carbons (Fsp3) is 0.600. The molecule has 1 saturated heterocycles. The Labute approximate surface area is 144 Å². The van der Waals surface area contributed by atoms with Gasteiger partial charge in [0.15, 0.2) is 0 Å². The van der Waals surface area contributed by atoms with Gasteiger partial charge in [-0.25, -0.2) is 0 Å². The Morgan fingerprint density at radius 3 is 2.75 bits per heavy atom. The normalized spacial score (nSPS) is 23.7. The number of rotatable bonds is 3. The number of carbonyl (C=O) groups excluding carboxylic acids is 2. The van der Waals surface area contributed by atoms with E-state index in [1.165, 1.54) is 11.1 Å². The zero-order valence-electron chi connectivity index (χ0n) is 14.8. The molecule has 4 nitrogen and oxygen atoms in total. The van der Waals surface area contributed by atoms with Crippen LogP contribution in [0.3, 0.4) is 0 Å². The molecular formula is C20H28N2O2. The third-order valence-electron chi connectivity index (χ3n) is 5.28. The molecule has 1 aliphatic heterocycles. The Morgan fingerprint density at radius 1 is 1.17 bits per heavy atom. The Bertz CT molecular complexity index is 611. The monoisotopic (exact) mass is 328 g/mol. The van der Waals surface area contributed by atoms with Gasteiger partial charge in [-0.15, -0.1) is 0 Å². The van der Waals surface area contributed by atoms with Crippen LogP contribution in [0.1, 0.15) is 56.7 Å². The van der Waals surface area contributed by atoms with Gasteiger partial charge in [-0.2, -0.15) is 0 Å². The highest BCUT2D eigenvalue weighted by Gasteiger charge is 2.31. The molecule has 0 spiro atoms. The first-order valence-corrected chi connectivity index (χ1v) is 9.23. The second kappa shape index (κ2) is 7.37. The molecule has 1 aromatic carbocycles. The van der Waals surface area contributed by atoms with Gasteiger partial charge in [0.25, 0.3) is 0 Å². The predicted octanol–water partition coefficient (Wildman–Crippen LogP) is 3.07. The molecule has 0 saturated carbocycles. The number of piperidine rings is 1. The van der Waals surface area contributed by atoms with E-state index < -0.39 is 0 Å². The van der Waals surface area contributed by atoms with Gasteiger partial charge >= 0.3 is 0 Å². The summed E-state index contributed by atoms with van der Waals surface area (Å²) in [4.78, 5) is 26.8. The van der Waals surface area contributed by atoms with Gasteiger partial charge in [0.2, 0.25) is 11.8 Å². The van der Waals surface area contributed by atoms with E-state index in [2.05, 4.69) is 23.5 Å². The van der Waals surface area contributed by atoms with Gasteiger partial charge in [-0.05, 0) is 43.2 Å². The van der Waals surface area contributed by atoms with Crippen molar-refractivity contribution >= 4 is 11.8 Å². The summed E-state index contributed by atoms with van der Waals surface area (Å²) in [5, 5.41) is 3.26. The SMILES string of the molecule is CC(C)C(=O)N1CCC[C@@H](C(=O)N[C@H]2CCCc3ccccc32)C1. The molecule has 1 heterocycles. The zero-order chi connectivity index (χ0) is 17.1. The maximum Gasteiger partial charge on any atom is 0.225 e. The number of aryl methyl sites for hydroxylation is 1. The molecule has 4 heteroatoms. The van der Waals surface area contributed by atoms with Gasteiger partial charge in [-0.3, -0.25) is 9.59 Å². The zero-order valence-corrected chi connectivity index (χ0v) is 14.8. The molecule has 1 aromatic rings. The van der Waals surface area contributed by atoms with Crippen LogP contribution in [0.4, 0.5) is 0 Å². The van der Waals surface area contributed by atoms with Crippen LogP contribution in [-0.4, -0.2) is 29.8 Å². The molecule has 0 radical (unpaired) electrons. The highest BCUT2D eigenvalue weighted by Crippen LogP contribution is 2.30. The van der Waals surface area contributed by atoms with Crippen LogP contribution in [0.25, 0.3) is 0 Å².